The summed E-state index contributed by atoms with van der Waals surface area (Å²) in [6.07, 6.45) is 6.58. The molecule has 1 saturated carbocycles. The van der Waals surface area contributed by atoms with Gasteiger partial charge < -0.3 is 4.79 Å². The maximum absolute atomic E-state index is 11.0. The van der Waals surface area contributed by atoms with Gasteiger partial charge >= 0.3 is 0 Å². The summed E-state index contributed by atoms with van der Waals surface area (Å²) in [6.45, 7) is 1.52. The Bertz CT molecular complexity index is 169. The van der Waals surface area contributed by atoms with Crippen LogP contribution < -0.4 is 0 Å². The molecular formula is C10H16O2. The number of carbonyl (C=O) groups is 2. The largest absolute Gasteiger partial charge is 0.303 e. The van der Waals surface area contributed by atoms with Crippen LogP contribution in [0.1, 0.15) is 39.0 Å². The summed E-state index contributed by atoms with van der Waals surface area (Å²) in [5, 5.41) is 0. The molecule has 0 radical (unpaired) electrons. The van der Waals surface area contributed by atoms with Gasteiger partial charge in [-0.2, -0.15) is 0 Å². The molecule has 0 aromatic heterocycles. The molecule has 68 valence electrons. The highest BCUT2D eigenvalue weighted by molar-refractivity contribution is 5.91. The number of aldehydes is 1. The normalized spacial score (nSPS) is 21.8. The number of hydrogen-bond acceptors (Lipinski definition) is 2. The number of hydrogen-bond donors (Lipinski definition) is 0. The molecule has 0 aromatic rings. The second kappa shape index (κ2) is 4.39. The van der Waals surface area contributed by atoms with Crippen LogP contribution in [0, 0.1) is 11.8 Å². The quantitative estimate of drug-likeness (QED) is 0.477. The molecule has 1 fully saturated rings. The fourth-order valence-electron chi connectivity index (χ4n) is 2.03. The van der Waals surface area contributed by atoms with E-state index in [4.69, 9.17) is 0 Å². The second-order valence-corrected chi connectivity index (χ2v) is 3.67. The van der Waals surface area contributed by atoms with E-state index < -0.39 is 0 Å². The fourth-order valence-corrected chi connectivity index (χ4v) is 2.03. The van der Waals surface area contributed by atoms with Crippen LogP contribution >= 0.6 is 0 Å². The number of Topliss-reactive ketones (excluding diaryl/α,β-unsaturated/α-hetero) is 1. The van der Waals surface area contributed by atoms with Crippen molar-refractivity contribution in [3.63, 3.8) is 0 Å². The van der Waals surface area contributed by atoms with Gasteiger partial charge in [-0.1, -0.05) is 19.3 Å². The highest BCUT2D eigenvalue weighted by atomic mass is 16.1. The van der Waals surface area contributed by atoms with Crippen molar-refractivity contribution in [3.8, 4) is 0 Å². The first kappa shape index (κ1) is 9.43. The zero-order chi connectivity index (χ0) is 8.97. The Morgan fingerprint density at radius 1 is 1.33 bits per heavy atom. The van der Waals surface area contributed by atoms with Crippen molar-refractivity contribution in [1.82, 2.24) is 0 Å². The molecule has 2 heteroatoms. The summed E-state index contributed by atoms with van der Waals surface area (Å²) in [6, 6.07) is 0. The molecule has 1 rings (SSSR count). The van der Waals surface area contributed by atoms with Crippen LogP contribution in [-0.2, 0) is 9.59 Å². The molecule has 0 spiro atoms. The van der Waals surface area contributed by atoms with Gasteiger partial charge in [0.25, 0.3) is 0 Å². The van der Waals surface area contributed by atoms with Crippen LogP contribution in [0.25, 0.3) is 0 Å². The zero-order valence-electron chi connectivity index (χ0n) is 7.58. The third-order valence-corrected chi connectivity index (χ3v) is 2.77. The Labute approximate surface area is 73.3 Å². The molecule has 1 atom stereocenters. The van der Waals surface area contributed by atoms with E-state index in [9.17, 15) is 9.59 Å². The minimum absolute atomic E-state index is 0.0388. The smallest absolute Gasteiger partial charge is 0.140 e. The molecule has 0 amide bonds. The molecule has 2 nitrogen and oxygen atoms in total. The molecule has 1 aliphatic rings. The summed E-state index contributed by atoms with van der Waals surface area (Å²) in [5.74, 6) is 0.0657. The fraction of sp³-hybridized carbons (Fsp3) is 0.800. The average Bonchev–Trinajstić information content (AvgIpc) is 2.07. The van der Waals surface area contributed by atoms with Gasteiger partial charge in [-0.15, -0.1) is 0 Å². The topological polar surface area (TPSA) is 34.1 Å². The van der Waals surface area contributed by atoms with Crippen molar-refractivity contribution in [1.29, 1.82) is 0 Å². The Morgan fingerprint density at radius 2 is 1.92 bits per heavy atom. The molecule has 1 aliphatic carbocycles. The van der Waals surface area contributed by atoms with E-state index in [-0.39, 0.29) is 11.7 Å². The third kappa shape index (κ3) is 2.16. The van der Waals surface area contributed by atoms with E-state index in [1.807, 2.05) is 0 Å². The monoisotopic (exact) mass is 168 g/mol. The van der Waals surface area contributed by atoms with E-state index in [2.05, 4.69) is 0 Å². The molecule has 0 bridgehead atoms. The van der Waals surface area contributed by atoms with Crippen molar-refractivity contribution in [2.24, 2.45) is 11.8 Å². The number of carbonyl (C=O) groups excluding carboxylic acids is 2. The van der Waals surface area contributed by atoms with E-state index in [1.54, 1.807) is 0 Å². The Hall–Kier alpha value is -0.660. The van der Waals surface area contributed by atoms with Crippen LogP contribution in [-0.4, -0.2) is 12.1 Å². The first-order chi connectivity index (χ1) is 5.75. The molecule has 1 unspecified atom stereocenters. The summed E-state index contributed by atoms with van der Waals surface area (Å²) in [4.78, 5) is 21.7. The first-order valence-corrected chi connectivity index (χ1v) is 4.71. The van der Waals surface area contributed by atoms with E-state index in [0.717, 1.165) is 19.1 Å². The lowest BCUT2D eigenvalue weighted by Gasteiger charge is -2.24. The Balaban J connectivity index is 2.51. The predicted octanol–water partition coefficient (Wildman–Crippen LogP) is 1.97. The molecule has 0 aliphatic heterocycles. The maximum atomic E-state index is 11.0. The van der Waals surface area contributed by atoms with Crippen LogP contribution in [0.2, 0.25) is 0 Å². The standard InChI is InChI=1S/C10H16O2/c1-8(12)10(7-11)9-5-3-2-4-6-9/h7,9-10H,2-6H2,1H3. The summed E-state index contributed by atoms with van der Waals surface area (Å²) in [5.41, 5.74) is 0. The number of rotatable bonds is 3. The highest BCUT2D eigenvalue weighted by Gasteiger charge is 2.26. The van der Waals surface area contributed by atoms with Crippen molar-refractivity contribution in [3.05, 3.63) is 0 Å². The third-order valence-electron chi connectivity index (χ3n) is 2.77. The molecule has 0 N–H and O–H groups in total. The lowest BCUT2D eigenvalue weighted by atomic mass is 9.79. The lowest BCUT2D eigenvalue weighted by molar-refractivity contribution is -0.128. The van der Waals surface area contributed by atoms with Crippen LogP contribution in [0.3, 0.4) is 0 Å². The van der Waals surface area contributed by atoms with Crippen LogP contribution in [0.4, 0.5) is 0 Å². The predicted molar refractivity (Wildman–Crippen MR) is 46.8 cm³/mol. The lowest BCUT2D eigenvalue weighted by Crippen LogP contribution is -2.25. The summed E-state index contributed by atoms with van der Waals surface area (Å²) >= 11 is 0. The van der Waals surface area contributed by atoms with Gasteiger partial charge in [0.15, 0.2) is 0 Å². The molecule has 0 aromatic carbocycles. The Morgan fingerprint density at radius 3 is 2.33 bits per heavy atom. The first-order valence-electron chi connectivity index (χ1n) is 4.71. The van der Waals surface area contributed by atoms with Gasteiger partial charge in [0.1, 0.15) is 12.1 Å². The minimum Gasteiger partial charge on any atom is -0.303 e. The average molecular weight is 168 g/mol. The Kier molecular flexibility index (Phi) is 3.45. The van der Waals surface area contributed by atoms with Gasteiger partial charge in [-0.25, -0.2) is 0 Å². The van der Waals surface area contributed by atoms with Gasteiger partial charge in [-0.3, -0.25) is 4.79 Å². The number of ketones is 1. The second-order valence-electron chi connectivity index (χ2n) is 3.67. The molecular weight excluding hydrogens is 152 g/mol. The van der Waals surface area contributed by atoms with Crippen LogP contribution in [0.5, 0.6) is 0 Å². The highest BCUT2D eigenvalue weighted by Crippen LogP contribution is 2.29. The van der Waals surface area contributed by atoms with E-state index >= 15 is 0 Å². The molecule has 0 saturated heterocycles. The zero-order valence-corrected chi connectivity index (χ0v) is 7.58. The minimum atomic E-state index is -0.315. The van der Waals surface area contributed by atoms with E-state index in [0.29, 0.717) is 5.92 Å². The van der Waals surface area contributed by atoms with Gasteiger partial charge in [0.2, 0.25) is 0 Å². The van der Waals surface area contributed by atoms with Crippen molar-refractivity contribution < 1.29 is 9.59 Å². The molecule has 0 heterocycles. The van der Waals surface area contributed by atoms with Gasteiger partial charge in [0.05, 0.1) is 5.92 Å². The molecule has 12 heavy (non-hydrogen) atoms. The van der Waals surface area contributed by atoms with Gasteiger partial charge in [0, 0.05) is 0 Å². The van der Waals surface area contributed by atoms with Crippen LogP contribution in [0.15, 0.2) is 0 Å². The van der Waals surface area contributed by atoms with E-state index in [1.165, 1.54) is 26.2 Å². The van der Waals surface area contributed by atoms with Crippen molar-refractivity contribution >= 4 is 12.1 Å². The SMILES string of the molecule is CC(=O)C(C=O)C1CCCCC1. The van der Waals surface area contributed by atoms with Crippen molar-refractivity contribution in [2.75, 3.05) is 0 Å². The van der Waals surface area contributed by atoms with Gasteiger partial charge in [-0.05, 0) is 25.7 Å². The summed E-state index contributed by atoms with van der Waals surface area (Å²) < 4.78 is 0. The van der Waals surface area contributed by atoms with Crippen molar-refractivity contribution in [2.45, 2.75) is 39.0 Å². The maximum Gasteiger partial charge on any atom is 0.140 e. The summed E-state index contributed by atoms with van der Waals surface area (Å²) in [7, 11) is 0.